The van der Waals surface area contributed by atoms with Crippen molar-refractivity contribution in [2.24, 2.45) is 0 Å². The summed E-state index contributed by atoms with van der Waals surface area (Å²) in [5, 5.41) is 13.2. The largest absolute Gasteiger partial charge is 0.485 e. The number of fused-ring (bicyclic) bond motifs is 1. The molecule has 0 bridgehead atoms. The minimum Gasteiger partial charge on any atom is -0.485 e. The van der Waals surface area contributed by atoms with Gasteiger partial charge in [-0.3, -0.25) is 0 Å². The van der Waals surface area contributed by atoms with Crippen molar-refractivity contribution in [3.05, 3.63) is 22.2 Å². The van der Waals surface area contributed by atoms with Gasteiger partial charge in [0.05, 0.1) is 0 Å². The highest BCUT2D eigenvalue weighted by atomic mass is 16.6. The van der Waals surface area contributed by atoms with E-state index in [1.165, 1.54) is 12.1 Å². The van der Waals surface area contributed by atoms with Crippen LogP contribution in [0.4, 0.5) is 11.6 Å². The zero-order valence-corrected chi connectivity index (χ0v) is 7.54. The lowest BCUT2D eigenvalue weighted by Gasteiger charge is -2.19. The van der Waals surface area contributed by atoms with Crippen LogP contribution in [0.2, 0.25) is 0 Å². The van der Waals surface area contributed by atoms with Gasteiger partial charge in [-0.2, -0.15) is 0 Å². The third-order valence-electron chi connectivity index (χ3n) is 1.94. The number of hydrogen-bond donors (Lipinski definition) is 1. The third-order valence-corrected chi connectivity index (χ3v) is 1.94. The molecule has 0 aromatic carbocycles. The van der Waals surface area contributed by atoms with E-state index in [4.69, 9.17) is 4.74 Å². The molecule has 1 N–H and O–H groups in total. The van der Waals surface area contributed by atoms with E-state index in [9.17, 15) is 14.9 Å². The summed E-state index contributed by atoms with van der Waals surface area (Å²) in [4.78, 5) is 24.0. The van der Waals surface area contributed by atoms with Crippen LogP contribution in [0.1, 0.15) is 0 Å². The first-order chi connectivity index (χ1) is 7.20. The average Bonchev–Trinajstić information content (AvgIpc) is 2.27. The van der Waals surface area contributed by atoms with Gasteiger partial charge in [0.1, 0.15) is 18.9 Å². The molecule has 1 unspecified atom stereocenters. The fraction of sp³-hybridized carbons (Fsp3) is 0.250. The maximum atomic E-state index is 10.5. The van der Waals surface area contributed by atoms with Crippen molar-refractivity contribution < 1.29 is 14.5 Å². The molecule has 0 saturated heterocycles. The highest BCUT2D eigenvalue weighted by molar-refractivity contribution is 5.67. The van der Waals surface area contributed by atoms with Crippen LogP contribution in [-0.2, 0) is 4.79 Å². The van der Waals surface area contributed by atoms with E-state index >= 15 is 0 Å². The van der Waals surface area contributed by atoms with Gasteiger partial charge in [0.15, 0.2) is 5.75 Å². The highest BCUT2D eigenvalue weighted by Crippen LogP contribution is 2.28. The standard InChI is InChI=1S/C8H7N3O4/c12-3-5-4-15-6-1-2-7(11(13)14)10-8(6)9-5/h1-3,5H,4H2,(H,9,10). The summed E-state index contributed by atoms with van der Waals surface area (Å²) in [6.07, 6.45) is 0.670. The number of rotatable bonds is 2. The number of aldehydes is 1. The van der Waals surface area contributed by atoms with Gasteiger partial charge in [-0.15, -0.1) is 0 Å². The molecule has 1 atom stereocenters. The summed E-state index contributed by atoms with van der Waals surface area (Å²) >= 11 is 0. The van der Waals surface area contributed by atoms with Crippen molar-refractivity contribution in [1.82, 2.24) is 4.98 Å². The Kier molecular flexibility index (Phi) is 2.20. The molecule has 2 rings (SSSR count). The second kappa shape index (κ2) is 3.52. The van der Waals surface area contributed by atoms with Crippen LogP contribution in [0, 0.1) is 10.1 Å². The molecule has 7 heteroatoms. The highest BCUT2D eigenvalue weighted by Gasteiger charge is 2.24. The number of nitrogens with one attached hydrogen (secondary N) is 1. The fourth-order valence-electron chi connectivity index (χ4n) is 1.23. The Morgan fingerprint density at radius 1 is 1.67 bits per heavy atom. The smallest absolute Gasteiger partial charge is 0.366 e. The second-order valence-corrected chi connectivity index (χ2v) is 2.97. The Hall–Kier alpha value is -2.18. The number of hydrogen-bond acceptors (Lipinski definition) is 6. The third kappa shape index (κ3) is 1.71. The Labute approximate surface area is 84.2 Å². The molecule has 78 valence electrons. The normalized spacial score (nSPS) is 18.3. The molecule has 2 heterocycles. The number of ether oxygens (including phenoxy) is 1. The van der Waals surface area contributed by atoms with Crippen LogP contribution in [0.3, 0.4) is 0 Å². The van der Waals surface area contributed by atoms with E-state index in [1.807, 2.05) is 0 Å². The predicted molar refractivity (Wildman–Crippen MR) is 49.9 cm³/mol. The van der Waals surface area contributed by atoms with E-state index in [2.05, 4.69) is 10.3 Å². The maximum absolute atomic E-state index is 10.5. The first-order valence-electron chi connectivity index (χ1n) is 4.21. The van der Waals surface area contributed by atoms with Crippen molar-refractivity contribution in [2.45, 2.75) is 6.04 Å². The number of nitrogens with zero attached hydrogens (tertiary/aromatic N) is 2. The van der Waals surface area contributed by atoms with E-state index in [1.54, 1.807) is 0 Å². The molecule has 0 radical (unpaired) electrons. The molecule has 1 aromatic rings. The summed E-state index contributed by atoms with van der Waals surface area (Å²) in [6.45, 7) is 0.204. The summed E-state index contributed by atoms with van der Waals surface area (Å²) in [5.41, 5.74) is 0. The van der Waals surface area contributed by atoms with Gasteiger partial charge >= 0.3 is 5.82 Å². The first-order valence-corrected chi connectivity index (χ1v) is 4.21. The number of nitro groups is 1. The molecule has 0 aliphatic carbocycles. The lowest BCUT2D eigenvalue weighted by Crippen LogP contribution is -2.33. The van der Waals surface area contributed by atoms with Crippen LogP contribution in [0.25, 0.3) is 0 Å². The van der Waals surface area contributed by atoms with Crippen LogP contribution < -0.4 is 10.1 Å². The van der Waals surface area contributed by atoms with Crippen LogP contribution >= 0.6 is 0 Å². The zero-order valence-electron chi connectivity index (χ0n) is 7.54. The summed E-state index contributed by atoms with van der Waals surface area (Å²) in [6, 6.07) is 2.20. The van der Waals surface area contributed by atoms with Crippen molar-refractivity contribution in [3.8, 4) is 5.75 Å². The van der Waals surface area contributed by atoms with Gasteiger partial charge < -0.3 is 25.0 Å². The van der Waals surface area contributed by atoms with E-state index in [-0.39, 0.29) is 18.2 Å². The van der Waals surface area contributed by atoms with Crippen molar-refractivity contribution in [3.63, 3.8) is 0 Å². The minimum absolute atomic E-state index is 0.204. The van der Waals surface area contributed by atoms with Gasteiger partial charge in [-0.1, -0.05) is 0 Å². The monoisotopic (exact) mass is 209 g/mol. The molecule has 0 spiro atoms. The molecule has 0 amide bonds. The minimum atomic E-state index is -0.605. The summed E-state index contributed by atoms with van der Waals surface area (Å²) in [5.74, 6) is 0.364. The molecule has 7 nitrogen and oxygen atoms in total. The Morgan fingerprint density at radius 2 is 2.47 bits per heavy atom. The second-order valence-electron chi connectivity index (χ2n) is 2.97. The van der Waals surface area contributed by atoms with Crippen molar-refractivity contribution >= 4 is 17.9 Å². The van der Waals surface area contributed by atoms with Crippen LogP contribution in [0.15, 0.2) is 12.1 Å². The van der Waals surface area contributed by atoms with E-state index < -0.39 is 11.0 Å². The number of pyridine rings is 1. The van der Waals surface area contributed by atoms with Crippen LogP contribution in [0.5, 0.6) is 5.75 Å². The molecule has 1 aliphatic rings. The number of anilines is 1. The number of aromatic nitrogens is 1. The van der Waals surface area contributed by atoms with Gasteiger partial charge in [-0.25, -0.2) is 0 Å². The Bertz CT molecular complexity index is 420. The molecule has 0 saturated carbocycles. The van der Waals surface area contributed by atoms with Gasteiger partial charge in [-0.05, 0) is 16.0 Å². The molecule has 1 aromatic heterocycles. The van der Waals surface area contributed by atoms with Gasteiger partial charge in [0.2, 0.25) is 0 Å². The fourth-order valence-corrected chi connectivity index (χ4v) is 1.23. The quantitative estimate of drug-likeness (QED) is 0.429. The maximum Gasteiger partial charge on any atom is 0.366 e. The molecule has 15 heavy (non-hydrogen) atoms. The van der Waals surface area contributed by atoms with Gasteiger partial charge in [0.25, 0.3) is 5.82 Å². The molecular weight excluding hydrogens is 202 g/mol. The number of carbonyl (C=O) groups is 1. The Balaban J connectivity index is 2.34. The van der Waals surface area contributed by atoms with E-state index in [0.29, 0.717) is 12.0 Å². The van der Waals surface area contributed by atoms with Crippen molar-refractivity contribution in [2.75, 3.05) is 11.9 Å². The van der Waals surface area contributed by atoms with E-state index in [0.717, 1.165) is 0 Å². The summed E-state index contributed by atoms with van der Waals surface area (Å²) in [7, 11) is 0. The SMILES string of the molecule is O=CC1COc2ccc([N+](=O)[O-])nc2N1. The molecular formula is C8H7N3O4. The summed E-state index contributed by atoms with van der Waals surface area (Å²) < 4.78 is 5.18. The predicted octanol–water partition coefficient (Wildman–Crippen LogP) is 0.362. The first kappa shape index (κ1) is 9.38. The topological polar surface area (TPSA) is 94.4 Å². The zero-order chi connectivity index (χ0) is 10.8. The number of carbonyl (C=O) groups excluding carboxylic acids is 1. The van der Waals surface area contributed by atoms with Crippen molar-refractivity contribution in [1.29, 1.82) is 0 Å². The lowest BCUT2D eigenvalue weighted by molar-refractivity contribution is -0.389. The van der Waals surface area contributed by atoms with Gasteiger partial charge in [0, 0.05) is 6.07 Å². The molecule has 0 fully saturated rings. The molecule has 1 aliphatic heterocycles. The average molecular weight is 209 g/mol. The van der Waals surface area contributed by atoms with Crippen LogP contribution in [-0.4, -0.2) is 28.8 Å². The lowest BCUT2D eigenvalue weighted by atomic mass is 10.3. The Morgan fingerprint density at radius 3 is 3.13 bits per heavy atom.